The largest absolute Gasteiger partial charge is 0.495 e. The van der Waals surface area contributed by atoms with Gasteiger partial charge in [0.25, 0.3) is 0 Å². The maximum absolute atomic E-state index is 12.9. The van der Waals surface area contributed by atoms with Crippen LogP contribution < -0.4 is 15.0 Å². The Kier molecular flexibility index (Phi) is 7.42. The van der Waals surface area contributed by atoms with Crippen molar-refractivity contribution in [3.63, 3.8) is 0 Å². The fourth-order valence-electron chi connectivity index (χ4n) is 3.43. The van der Waals surface area contributed by atoms with Crippen molar-refractivity contribution in [2.75, 3.05) is 43.6 Å². The molecule has 4 rings (SSSR count). The zero-order valence-corrected chi connectivity index (χ0v) is 20.3. The van der Waals surface area contributed by atoms with Crippen molar-refractivity contribution in [1.82, 2.24) is 14.8 Å². The van der Waals surface area contributed by atoms with Gasteiger partial charge in [-0.25, -0.2) is 0 Å². The van der Waals surface area contributed by atoms with Crippen LogP contribution in [-0.2, 0) is 9.53 Å². The number of aryl methyl sites for hydroxylation is 1. The summed E-state index contributed by atoms with van der Waals surface area (Å²) in [6, 6.07) is 13.3. The number of morpholine rings is 1. The Morgan fingerprint density at radius 2 is 1.91 bits per heavy atom. The third kappa shape index (κ3) is 5.43. The van der Waals surface area contributed by atoms with E-state index in [0.29, 0.717) is 34.8 Å². The molecule has 1 unspecified atom stereocenters. The Morgan fingerprint density at radius 1 is 1.18 bits per heavy atom. The lowest BCUT2D eigenvalue weighted by Gasteiger charge is -2.28. The topological polar surface area (TPSA) is 81.5 Å². The van der Waals surface area contributed by atoms with E-state index in [1.165, 1.54) is 17.3 Å². The molecule has 3 aromatic rings. The molecule has 0 saturated carbocycles. The van der Waals surface area contributed by atoms with Crippen molar-refractivity contribution in [3.8, 4) is 11.4 Å². The summed E-state index contributed by atoms with van der Waals surface area (Å²) in [7, 11) is 1.55. The first kappa shape index (κ1) is 23.4. The number of halogens is 1. The molecule has 0 bridgehead atoms. The highest BCUT2D eigenvalue weighted by molar-refractivity contribution is 8.00. The number of nitrogens with zero attached hydrogens (tertiary/aromatic N) is 4. The van der Waals surface area contributed by atoms with Gasteiger partial charge in [-0.3, -0.25) is 9.36 Å². The minimum atomic E-state index is -0.420. The Balaban J connectivity index is 1.56. The van der Waals surface area contributed by atoms with Crippen LogP contribution >= 0.6 is 23.4 Å². The van der Waals surface area contributed by atoms with E-state index in [2.05, 4.69) is 32.5 Å². The smallest absolute Gasteiger partial charge is 0.237 e. The normalized spacial score (nSPS) is 14.7. The lowest BCUT2D eigenvalue weighted by Crippen LogP contribution is -2.38. The lowest BCUT2D eigenvalue weighted by molar-refractivity contribution is -0.115. The van der Waals surface area contributed by atoms with Crippen LogP contribution in [0.1, 0.15) is 12.5 Å². The standard InChI is InChI=1S/C23H26ClN5O3S/c1-15-4-7-18(8-5-15)29-22(28-10-12-32-13-11-28)26-27-23(29)33-16(2)21(30)25-17-6-9-20(31-3)19(24)14-17/h4-9,14,16H,10-13H2,1-3H3,(H,25,30). The molecule has 0 radical (unpaired) electrons. The summed E-state index contributed by atoms with van der Waals surface area (Å²) >= 11 is 7.54. The molecule has 174 valence electrons. The van der Waals surface area contributed by atoms with Crippen molar-refractivity contribution in [3.05, 3.63) is 53.1 Å². The van der Waals surface area contributed by atoms with E-state index < -0.39 is 5.25 Å². The van der Waals surface area contributed by atoms with Crippen molar-refractivity contribution >= 4 is 40.9 Å². The summed E-state index contributed by atoms with van der Waals surface area (Å²) in [5.74, 6) is 1.14. The van der Waals surface area contributed by atoms with Gasteiger partial charge < -0.3 is 19.7 Å². The molecule has 2 aromatic carbocycles. The highest BCUT2D eigenvalue weighted by Gasteiger charge is 2.25. The van der Waals surface area contributed by atoms with Gasteiger partial charge >= 0.3 is 0 Å². The number of carbonyl (C=O) groups excluding carboxylic acids is 1. The van der Waals surface area contributed by atoms with Crippen LogP contribution in [0.4, 0.5) is 11.6 Å². The quantitative estimate of drug-likeness (QED) is 0.500. The lowest BCUT2D eigenvalue weighted by atomic mass is 10.2. The predicted molar refractivity (Wildman–Crippen MR) is 131 cm³/mol. The Labute approximate surface area is 202 Å². The maximum Gasteiger partial charge on any atom is 0.237 e. The van der Waals surface area contributed by atoms with Crippen LogP contribution in [0.2, 0.25) is 5.02 Å². The molecule has 0 spiro atoms. The van der Waals surface area contributed by atoms with Crippen LogP contribution in [0.25, 0.3) is 5.69 Å². The minimum Gasteiger partial charge on any atom is -0.495 e. The SMILES string of the molecule is COc1ccc(NC(=O)C(C)Sc2nnc(N3CCOCC3)n2-c2ccc(C)cc2)cc1Cl. The Hall–Kier alpha value is -2.75. The number of aromatic nitrogens is 3. The first-order valence-electron chi connectivity index (χ1n) is 10.6. The number of amides is 1. The van der Waals surface area contributed by atoms with Crippen LogP contribution in [0.5, 0.6) is 5.75 Å². The zero-order chi connectivity index (χ0) is 23.4. The molecule has 0 aliphatic carbocycles. The highest BCUT2D eigenvalue weighted by Crippen LogP contribution is 2.31. The van der Waals surface area contributed by atoms with Crippen LogP contribution in [0.3, 0.4) is 0 Å². The summed E-state index contributed by atoms with van der Waals surface area (Å²) in [5, 5.41) is 12.5. The van der Waals surface area contributed by atoms with E-state index in [1.807, 2.05) is 30.5 Å². The number of methoxy groups -OCH3 is 1. The van der Waals surface area contributed by atoms with Crippen LogP contribution in [0, 0.1) is 6.92 Å². The molecule has 1 aromatic heterocycles. The van der Waals surface area contributed by atoms with Gasteiger partial charge in [-0.05, 0) is 44.2 Å². The second-order valence-corrected chi connectivity index (χ2v) is 9.37. The van der Waals surface area contributed by atoms with Gasteiger partial charge in [-0.2, -0.15) is 0 Å². The van der Waals surface area contributed by atoms with E-state index in [4.69, 9.17) is 21.1 Å². The van der Waals surface area contributed by atoms with Crippen molar-refractivity contribution in [2.24, 2.45) is 0 Å². The first-order valence-corrected chi connectivity index (χ1v) is 11.9. The second kappa shape index (κ2) is 10.5. The van der Waals surface area contributed by atoms with E-state index in [1.54, 1.807) is 25.3 Å². The number of rotatable bonds is 7. The van der Waals surface area contributed by atoms with E-state index in [0.717, 1.165) is 24.7 Å². The van der Waals surface area contributed by atoms with Crippen LogP contribution in [0.15, 0.2) is 47.6 Å². The number of ether oxygens (including phenoxy) is 2. The highest BCUT2D eigenvalue weighted by atomic mass is 35.5. The molecule has 2 heterocycles. The molecule has 10 heteroatoms. The molecular formula is C23H26ClN5O3S. The summed E-state index contributed by atoms with van der Waals surface area (Å²) in [6.45, 7) is 6.66. The van der Waals surface area contributed by atoms with Crippen molar-refractivity contribution < 1.29 is 14.3 Å². The third-order valence-corrected chi connectivity index (χ3v) is 6.61. The van der Waals surface area contributed by atoms with Gasteiger partial charge in [-0.1, -0.05) is 41.1 Å². The number of hydrogen-bond acceptors (Lipinski definition) is 7. The number of nitrogens with one attached hydrogen (secondary N) is 1. The molecule has 1 atom stereocenters. The predicted octanol–water partition coefficient (Wildman–Crippen LogP) is 4.19. The third-order valence-electron chi connectivity index (χ3n) is 5.27. The molecule has 1 saturated heterocycles. The van der Waals surface area contributed by atoms with E-state index in [-0.39, 0.29) is 5.91 Å². The first-order chi connectivity index (χ1) is 16.0. The van der Waals surface area contributed by atoms with Gasteiger partial charge in [-0.15, -0.1) is 10.2 Å². The molecular weight excluding hydrogens is 462 g/mol. The van der Waals surface area contributed by atoms with Crippen LogP contribution in [-0.4, -0.2) is 59.3 Å². The van der Waals surface area contributed by atoms with Gasteiger partial charge in [0.1, 0.15) is 5.75 Å². The van der Waals surface area contributed by atoms with Gasteiger partial charge in [0, 0.05) is 18.8 Å². The van der Waals surface area contributed by atoms with Gasteiger partial charge in [0.15, 0.2) is 5.16 Å². The molecule has 1 aliphatic rings. The number of benzene rings is 2. The average Bonchev–Trinajstić information content (AvgIpc) is 3.23. The fraction of sp³-hybridized carbons (Fsp3) is 0.348. The summed E-state index contributed by atoms with van der Waals surface area (Å²) in [4.78, 5) is 15.1. The fourth-order valence-corrected chi connectivity index (χ4v) is 4.55. The number of carbonyl (C=O) groups is 1. The molecule has 1 amide bonds. The van der Waals surface area contributed by atoms with Gasteiger partial charge in [0.05, 0.1) is 36.3 Å². The monoisotopic (exact) mass is 487 g/mol. The van der Waals surface area contributed by atoms with E-state index >= 15 is 0 Å². The summed E-state index contributed by atoms with van der Waals surface area (Å²) in [6.07, 6.45) is 0. The Morgan fingerprint density at radius 3 is 2.58 bits per heavy atom. The molecule has 1 fully saturated rings. The molecule has 8 nitrogen and oxygen atoms in total. The van der Waals surface area contributed by atoms with Crippen molar-refractivity contribution in [1.29, 1.82) is 0 Å². The number of hydrogen-bond donors (Lipinski definition) is 1. The maximum atomic E-state index is 12.9. The van der Waals surface area contributed by atoms with E-state index in [9.17, 15) is 4.79 Å². The van der Waals surface area contributed by atoms with Crippen molar-refractivity contribution in [2.45, 2.75) is 24.3 Å². The summed E-state index contributed by atoms with van der Waals surface area (Å²) < 4.78 is 12.7. The second-order valence-electron chi connectivity index (χ2n) is 7.65. The summed E-state index contributed by atoms with van der Waals surface area (Å²) in [5.41, 5.74) is 2.72. The number of anilines is 2. The van der Waals surface area contributed by atoms with Gasteiger partial charge in [0.2, 0.25) is 11.9 Å². The zero-order valence-electron chi connectivity index (χ0n) is 18.7. The Bertz CT molecular complexity index is 1120. The average molecular weight is 488 g/mol. The number of thioether (sulfide) groups is 1. The minimum absolute atomic E-state index is 0.160. The molecule has 1 aliphatic heterocycles. The molecule has 33 heavy (non-hydrogen) atoms. The molecule has 1 N–H and O–H groups in total.